The van der Waals surface area contributed by atoms with Crippen molar-refractivity contribution < 1.29 is 0 Å². The SMILES string of the molecule is CCC1CCCC(NC2=NCC(c3ccccc3)S2)C1. The predicted octanol–water partition coefficient (Wildman–Crippen LogP) is 4.39. The minimum Gasteiger partial charge on any atom is -0.362 e. The molecule has 1 aromatic carbocycles. The Labute approximate surface area is 126 Å². The van der Waals surface area contributed by atoms with Crippen molar-refractivity contribution in [1.29, 1.82) is 0 Å². The second-order valence-electron chi connectivity index (χ2n) is 5.95. The number of aliphatic imine (C=N–C) groups is 1. The minimum atomic E-state index is 0.504. The topological polar surface area (TPSA) is 24.4 Å². The third-order valence-corrected chi connectivity index (χ3v) is 5.69. The highest BCUT2D eigenvalue weighted by Gasteiger charge is 2.25. The third kappa shape index (κ3) is 3.38. The van der Waals surface area contributed by atoms with Gasteiger partial charge in [0.2, 0.25) is 0 Å². The number of rotatable bonds is 3. The molecular formula is C17H24N2S. The molecule has 1 heterocycles. The summed E-state index contributed by atoms with van der Waals surface area (Å²) in [6.07, 6.45) is 6.75. The van der Waals surface area contributed by atoms with Crippen LogP contribution in [0.4, 0.5) is 0 Å². The summed E-state index contributed by atoms with van der Waals surface area (Å²) in [6, 6.07) is 11.4. The lowest BCUT2D eigenvalue weighted by molar-refractivity contribution is 0.300. The highest BCUT2D eigenvalue weighted by Crippen LogP contribution is 2.35. The summed E-state index contributed by atoms with van der Waals surface area (Å²) in [4.78, 5) is 4.71. The molecule has 3 unspecified atom stereocenters. The van der Waals surface area contributed by atoms with Crippen molar-refractivity contribution in [2.75, 3.05) is 6.54 Å². The molecule has 0 aromatic heterocycles. The fraction of sp³-hybridized carbons (Fsp3) is 0.588. The molecule has 1 aromatic rings. The summed E-state index contributed by atoms with van der Waals surface area (Å²) in [5, 5.41) is 5.37. The largest absolute Gasteiger partial charge is 0.362 e. The zero-order valence-electron chi connectivity index (χ0n) is 12.2. The zero-order chi connectivity index (χ0) is 13.8. The molecule has 1 fully saturated rings. The maximum absolute atomic E-state index is 4.71. The van der Waals surface area contributed by atoms with Crippen molar-refractivity contribution in [3.8, 4) is 0 Å². The van der Waals surface area contributed by atoms with E-state index in [-0.39, 0.29) is 0 Å². The van der Waals surface area contributed by atoms with Crippen LogP contribution in [0.2, 0.25) is 0 Å². The van der Waals surface area contributed by atoms with Crippen LogP contribution in [0.3, 0.4) is 0 Å². The average molecular weight is 288 g/mol. The van der Waals surface area contributed by atoms with Gasteiger partial charge in [-0.25, -0.2) is 0 Å². The van der Waals surface area contributed by atoms with Crippen LogP contribution in [0.15, 0.2) is 35.3 Å². The highest BCUT2D eigenvalue weighted by atomic mass is 32.2. The summed E-state index contributed by atoms with van der Waals surface area (Å²) < 4.78 is 0. The van der Waals surface area contributed by atoms with Crippen LogP contribution in [0.5, 0.6) is 0 Å². The molecule has 1 aliphatic carbocycles. The van der Waals surface area contributed by atoms with Gasteiger partial charge >= 0.3 is 0 Å². The van der Waals surface area contributed by atoms with Crippen LogP contribution in [0.1, 0.15) is 49.8 Å². The lowest BCUT2D eigenvalue weighted by atomic mass is 9.84. The normalized spacial score (nSPS) is 30.1. The van der Waals surface area contributed by atoms with E-state index in [1.165, 1.54) is 42.8 Å². The molecule has 3 atom stereocenters. The fourth-order valence-corrected chi connectivity index (χ4v) is 4.36. The van der Waals surface area contributed by atoms with E-state index in [1.807, 2.05) is 11.8 Å². The zero-order valence-corrected chi connectivity index (χ0v) is 13.0. The number of benzene rings is 1. The Bertz CT molecular complexity index is 457. The molecular weight excluding hydrogens is 264 g/mol. The third-order valence-electron chi connectivity index (χ3n) is 4.51. The molecule has 0 saturated heterocycles. The van der Waals surface area contributed by atoms with E-state index in [0.29, 0.717) is 11.3 Å². The van der Waals surface area contributed by atoms with E-state index in [4.69, 9.17) is 4.99 Å². The smallest absolute Gasteiger partial charge is 0.157 e. The van der Waals surface area contributed by atoms with Crippen LogP contribution in [0.25, 0.3) is 0 Å². The maximum Gasteiger partial charge on any atom is 0.157 e. The first-order valence-electron chi connectivity index (χ1n) is 7.87. The molecule has 2 aliphatic rings. The standard InChI is InChI=1S/C17H24N2S/c1-2-13-7-6-10-15(11-13)19-17-18-12-16(20-17)14-8-4-3-5-9-14/h3-5,8-9,13,15-16H,2,6-7,10-12H2,1H3,(H,18,19). The number of hydrogen-bond acceptors (Lipinski definition) is 3. The maximum atomic E-state index is 4.71. The Morgan fingerprint density at radius 3 is 2.90 bits per heavy atom. The predicted molar refractivity (Wildman–Crippen MR) is 88.2 cm³/mol. The number of thioether (sulfide) groups is 1. The molecule has 108 valence electrons. The number of hydrogen-bond donors (Lipinski definition) is 1. The molecule has 2 nitrogen and oxygen atoms in total. The Morgan fingerprint density at radius 1 is 1.25 bits per heavy atom. The molecule has 0 bridgehead atoms. The van der Waals surface area contributed by atoms with Gasteiger partial charge in [0, 0.05) is 6.04 Å². The Morgan fingerprint density at radius 2 is 2.10 bits per heavy atom. The first-order chi connectivity index (χ1) is 9.85. The number of nitrogens with zero attached hydrogens (tertiary/aromatic N) is 1. The van der Waals surface area contributed by atoms with E-state index in [0.717, 1.165) is 12.5 Å². The van der Waals surface area contributed by atoms with E-state index in [2.05, 4.69) is 42.6 Å². The number of amidine groups is 1. The monoisotopic (exact) mass is 288 g/mol. The van der Waals surface area contributed by atoms with E-state index in [1.54, 1.807) is 0 Å². The second-order valence-corrected chi connectivity index (χ2v) is 7.14. The van der Waals surface area contributed by atoms with Gasteiger partial charge in [0.1, 0.15) is 0 Å². The van der Waals surface area contributed by atoms with Crippen LogP contribution in [-0.4, -0.2) is 17.8 Å². The lowest BCUT2D eigenvalue weighted by Crippen LogP contribution is -2.36. The second kappa shape index (κ2) is 6.66. The van der Waals surface area contributed by atoms with E-state index in [9.17, 15) is 0 Å². The average Bonchev–Trinajstić information content (AvgIpc) is 2.97. The Hall–Kier alpha value is -0.960. The van der Waals surface area contributed by atoms with Crippen molar-refractivity contribution in [3.63, 3.8) is 0 Å². The highest BCUT2D eigenvalue weighted by molar-refractivity contribution is 8.14. The van der Waals surface area contributed by atoms with Crippen molar-refractivity contribution in [2.45, 2.75) is 50.3 Å². The quantitative estimate of drug-likeness (QED) is 0.892. The molecule has 1 aliphatic heterocycles. The first kappa shape index (κ1) is 14.0. The fourth-order valence-electron chi connectivity index (χ4n) is 3.26. The molecule has 3 rings (SSSR count). The van der Waals surface area contributed by atoms with Gasteiger partial charge in [0.05, 0.1) is 11.8 Å². The van der Waals surface area contributed by atoms with Gasteiger partial charge in [-0.3, -0.25) is 4.99 Å². The van der Waals surface area contributed by atoms with Crippen molar-refractivity contribution in [3.05, 3.63) is 35.9 Å². The van der Waals surface area contributed by atoms with Gasteiger partial charge in [-0.1, -0.05) is 68.3 Å². The summed E-state index contributed by atoms with van der Waals surface area (Å²) in [5.41, 5.74) is 1.40. The van der Waals surface area contributed by atoms with Gasteiger partial charge in [-0.2, -0.15) is 0 Å². The summed E-state index contributed by atoms with van der Waals surface area (Å²) in [5.74, 6) is 0.915. The van der Waals surface area contributed by atoms with Crippen LogP contribution in [-0.2, 0) is 0 Å². The van der Waals surface area contributed by atoms with Crippen LogP contribution >= 0.6 is 11.8 Å². The van der Waals surface area contributed by atoms with Crippen LogP contribution in [0, 0.1) is 5.92 Å². The van der Waals surface area contributed by atoms with Crippen molar-refractivity contribution >= 4 is 16.9 Å². The molecule has 1 N–H and O–H groups in total. The molecule has 0 radical (unpaired) electrons. The van der Waals surface area contributed by atoms with Gasteiger partial charge in [-0.05, 0) is 24.3 Å². The lowest BCUT2D eigenvalue weighted by Gasteiger charge is -2.29. The van der Waals surface area contributed by atoms with Crippen LogP contribution < -0.4 is 5.32 Å². The van der Waals surface area contributed by atoms with Crippen molar-refractivity contribution in [1.82, 2.24) is 5.32 Å². The van der Waals surface area contributed by atoms with Crippen molar-refractivity contribution in [2.24, 2.45) is 10.9 Å². The Kier molecular flexibility index (Phi) is 4.66. The molecule has 0 spiro atoms. The van der Waals surface area contributed by atoms with Gasteiger partial charge < -0.3 is 5.32 Å². The van der Waals surface area contributed by atoms with E-state index < -0.39 is 0 Å². The summed E-state index contributed by atoms with van der Waals surface area (Å²) in [6.45, 7) is 3.24. The summed E-state index contributed by atoms with van der Waals surface area (Å²) >= 11 is 1.91. The van der Waals surface area contributed by atoms with E-state index >= 15 is 0 Å². The summed E-state index contributed by atoms with van der Waals surface area (Å²) in [7, 11) is 0. The van der Waals surface area contributed by atoms with Gasteiger partial charge in [0.15, 0.2) is 5.17 Å². The molecule has 0 amide bonds. The van der Waals surface area contributed by atoms with Gasteiger partial charge in [-0.15, -0.1) is 0 Å². The van der Waals surface area contributed by atoms with Gasteiger partial charge in [0.25, 0.3) is 0 Å². The number of nitrogens with one attached hydrogen (secondary N) is 1. The molecule has 20 heavy (non-hydrogen) atoms. The molecule has 1 saturated carbocycles. The first-order valence-corrected chi connectivity index (χ1v) is 8.75. The molecule has 3 heteroatoms. The Balaban J connectivity index is 1.53. The minimum absolute atomic E-state index is 0.504.